The maximum absolute atomic E-state index is 12.8. The van der Waals surface area contributed by atoms with Crippen molar-refractivity contribution in [1.82, 2.24) is 24.6 Å². The molecule has 160 valence electrons. The first-order valence-corrected chi connectivity index (χ1v) is 11.2. The highest BCUT2D eigenvalue weighted by Crippen LogP contribution is 2.27. The van der Waals surface area contributed by atoms with Crippen LogP contribution in [0.4, 0.5) is 0 Å². The molecule has 0 amide bonds. The van der Waals surface area contributed by atoms with Gasteiger partial charge in [-0.05, 0) is 53.3 Å². The maximum Gasteiger partial charge on any atom is 0.191 e. The minimum Gasteiger partial charge on any atom is -0.355 e. The van der Waals surface area contributed by atoms with Crippen LogP contribution in [0.2, 0.25) is 0 Å². The van der Waals surface area contributed by atoms with E-state index >= 15 is 0 Å². The lowest BCUT2D eigenvalue weighted by atomic mass is 10.1. The molecule has 2 heterocycles. The van der Waals surface area contributed by atoms with Gasteiger partial charge in [-0.1, -0.05) is 32.0 Å². The smallest absolute Gasteiger partial charge is 0.191 e. The number of unbranched alkanes of at least 4 members (excludes halogenated alkanes) is 1. The third kappa shape index (κ3) is 5.17. The molecule has 0 aliphatic heterocycles. The van der Waals surface area contributed by atoms with Crippen molar-refractivity contribution in [3.05, 3.63) is 28.3 Å². The fourth-order valence-corrected chi connectivity index (χ4v) is 4.56. The van der Waals surface area contributed by atoms with Crippen molar-refractivity contribution < 1.29 is 9.59 Å². The molecule has 0 aromatic carbocycles. The van der Waals surface area contributed by atoms with E-state index < -0.39 is 0 Å². The first-order valence-electron chi connectivity index (χ1n) is 10.2. The molecule has 29 heavy (non-hydrogen) atoms. The standard InChI is InChI=1S/C21H33N5O2S/c1-8-10-11-26-20(16(9-2)25(6)7)23-24-21(26)29-12-17(28)19-13(3)18(15(5)27)14(4)22-19/h16,22H,8-12H2,1-7H3/t16-/m1/s1. The van der Waals surface area contributed by atoms with Crippen LogP contribution in [0.15, 0.2) is 5.16 Å². The summed E-state index contributed by atoms with van der Waals surface area (Å²) < 4.78 is 2.16. The van der Waals surface area contributed by atoms with Crippen LogP contribution in [0, 0.1) is 13.8 Å². The van der Waals surface area contributed by atoms with E-state index in [2.05, 4.69) is 38.5 Å². The van der Waals surface area contributed by atoms with Gasteiger partial charge in [0, 0.05) is 17.8 Å². The van der Waals surface area contributed by atoms with Gasteiger partial charge in [0.15, 0.2) is 22.5 Å². The lowest BCUT2D eigenvalue weighted by molar-refractivity contribution is 0.101. The van der Waals surface area contributed by atoms with Crippen LogP contribution in [0.5, 0.6) is 0 Å². The molecule has 0 unspecified atom stereocenters. The summed E-state index contributed by atoms with van der Waals surface area (Å²) >= 11 is 1.41. The molecule has 0 aliphatic carbocycles. The molecule has 1 N–H and O–H groups in total. The van der Waals surface area contributed by atoms with Gasteiger partial charge in [-0.15, -0.1) is 10.2 Å². The second-order valence-corrected chi connectivity index (χ2v) is 8.57. The fourth-order valence-electron chi connectivity index (χ4n) is 3.72. The largest absolute Gasteiger partial charge is 0.355 e. The van der Waals surface area contributed by atoms with Gasteiger partial charge in [0.1, 0.15) is 0 Å². The van der Waals surface area contributed by atoms with Crippen LogP contribution in [-0.2, 0) is 6.54 Å². The zero-order valence-electron chi connectivity index (χ0n) is 18.6. The Morgan fingerprint density at radius 1 is 1.21 bits per heavy atom. The van der Waals surface area contributed by atoms with Crippen molar-refractivity contribution in [3.63, 3.8) is 0 Å². The first-order chi connectivity index (χ1) is 13.7. The number of aromatic amines is 1. The van der Waals surface area contributed by atoms with Crippen LogP contribution in [-0.4, -0.2) is 56.1 Å². The zero-order valence-corrected chi connectivity index (χ0v) is 19.4. The number of ketones is 2. The van der Waals surface area contributed by atoms with Crippen molar-refractivity contribution in [2.75, 3.05) is 19.8 Å². The Hall–Kier alpha value is -1.93. The number of carbonyl (C=O) groups excluding carboxylic acids is 2. The number of hydrogen-bond donors (Lipinski definition) is 1. The van der Waals surface area contributed by atoms with Crippen molar-refractivity contribution in [3.8, 4) is 0 Å². The normalized spacial score (nSPS) is 12.6. The highest BCUT2D eigenvalue weighted by molar-refractivity contribution is 7.99. The van der Waals surface area contributed by atoms with Crippen LogP contribution in [0.3, 0.4) is 0 Å². The average Bonchev–Trinajstić information content (AvgIpc) is 3.18. The van der Waals surface area contributed by atoms with Gasteiger partial charge in [0.25, 0.3) is 0 Å². The number of thioether (sulfide) groups is 1. The van der Waals surface area contributed by atoms with Gasteiger partial charge >= 0.3 is 0 Å². The third-order valence-corrected chi connectivity index (χ3v) is 6.16. The van der Waals surface area contributed by atoms with E-state index in [-0.39, 0.29) is 23.4 Å². The fraction of sp³-hybridized carbons (Fsp3) is 0.619. The number of nitrogens with one attached hydrogen (secondary N) is 1. The summed E-state index contributed by atoms with van der Waals surface area (Å²) in [6.45, 7) is 10.3. The number of rotatable bonds is 11. The molecule has 0 radical (unpaired) electrons. The molecule has 0 aliphatic rings. The molecule has 0 fully saturated rings. The van der Waals surface area contributed by atoms with Crippen LogP contribution < -0.4 is 0 Å². The topological polar surface area (TPSA) is 83.9 Å². The lowest BCUT2D eigenvalue weighted by Gasteiger charge is -2.23. The predicted octanol–water partition coefficient (Wildman–Crippen LogP) is 4.21. The van der Waals surface area contributed by atoms with Crippen molar-refractivity contribution in [2.45, 2.75) is 71.6 Å². The summed E-state index contributed by atoms with van der Waals surface area (Å²) in [5, 5.41) is 9.62. The molecule has 0 saturated carbocycles. The molecular weight excluding hydrogens is 386 g/mol. The summed E-state index contributed by atoms with van der Waals surface area (Å²) in [6, 6.07) is 0.191. The molecule has 2 rings (SSSR count). The monoisotopic (exact) mass is 419 g/mol. The SMILES string of the molecule is CCCCn1c(SCC(=O)c2[nH]c(C)c(C(C)=O)c2C)nnc1[C@@H](CC)N(C)C. The zero-order chi connectivity index (χ0) is 21.7. The number of nitrogens with zero attached hydrogens (tertiary/aromatic N) is 4. The first kappa shape index (κ1) is 23.3. The quantitative estimate of drug-likeness (QED) is 0.434. The van der Waals surface area contributed by atoms with E-state index in [1.165, 1.54) is 18.7 Å². The Bertz CT molecular complexity index is 869. The van der Waals surface area contributed by atoms with Crippen LogP contribution >= 0.6 is 11.8 Å². The number of aromatic nitrogens is 4. The van der Waals surface area contributed by atoms with E-state index in [0.29, 0.717) is 11.3 Å². The summed E-state index contributed by atoms with van der Waals surface area (Å²) in [4.78, 5) is 29.9. The molecule has 7 nitrogen and oxygen atoms in total. The van der Waals surface area contributed by atoms with Crippen molar-refractivity contribution >= 4 is 23.3 Å². The molecule has 0 spiro atoms. The van der Waals surface area contributed by atoms with Crippen molar-refractivity contribution in [1.29, 1.82) is 0 Å². The Kier molecular flexibility index (Phi) is 8.22. The number of aryl methyl sites for hydroxylation is 1. The Morgan fingerprint density at radius 2 is 1.90 bits per heavy atom. The highest BCUT2D eigenvalue weighted by Gasteiger charge is 2.24. The van der Waals surface area contributed by atoms with E-state index in [4.69, 9.17) is 0 Å². The highest BCUT2D eigenvalue weighted by atomic mass is 32.2. The second kappa shape index (κ2) is 10.2. The van der Waals surface area contributed by atoms with Gasteiger partial charge in [0.2, 0.25) is 0 Å². The number of H-pyrrole nitrogens is 1. The maximum atomic E-state index is 12.8. The molecule has 0 bridgehead atoms. The summed E-state index contributed by atoms with van der Waals surface area (Å²) in [7, 11) is 4.10. The summed E-state index contributed by atoms with van der Waals surface area (Å²) in [6.07, 6.45) is 3.05. The predicted molar refractivity (Wildman–Crippen MR) is 117 cm³/mol. The molecule has 8 heteroatoms. The summed E-state index contributed by atoms with van der Waals surface area (Å²) in [5.41, 5.74) is 2.60. The Balaban J connectivity index is 2.24. The van der Waals surface area contributed by atoms with E-state index in [1.54, 1.807) is 0 Å². The molecule has 1 atom stereocenters. The van der Waals surface area contributed by atoms with Crippen LogP contribution in [0.1, 0.15) is 84.0 Å². The third-order valence-electron chi connectivity index (χ3n) is 5.19. The summed E-state index contributed by atoms with van der Waals surface area (Å²) in [5.74, 6) is 1.14. The molecule has 2 aromatic heterocycles. The van der Waals surface area contributed by atoms with Crippen LogP contribution in [0.25, 0.3) is 0 Å². The van der Waals surface area contributed by atoms with Gasteiger partial charge in [-0.2, -0.15) is 0 Å². The lowest BCUT2D eigenvalue weighted by Crippen LogP contribution is -2.23. The van der Waals surface area contributed by atoms with Gasteiger partial charge in [-0.3, -0.25) is 14.5 Å². The van der Waals surface area contributed by atoms with Gasteiger partial charge < -0.3 is 9.55 Å². The minimum absolute atomic E-state index is 0.0267. The van der Waals surface area contributed by atoms with Gasteiger partial charge in [-0.25, -0.2) is 0 Å². The van der Waals surface area contributed by atoms with E-state index in [0.717, 1.165) is 48.0 Å². The molecule has 0 saturated heterocycles. The number of carbonyl (C=O) groups is 2. The van der Waals surface area contributed by atoms with Gasteiger partial charge in [0.05, 0.1) is 17.5 Å². The van der Waals surface area contributed by atoms with E-state index in [9.17, 15) is 9.59 Å². The minimum atomic E-state index is -0.0330. The number of Topliss-reactive ketones (excluding diaryl/α,β-unsaturated/α-hetero) is 2. The number of hydrogen-bond acceptors (Lipinski definition) is 6. The Labute approximate surface area is 177 Å². The molecule has 2 aromatic rings. The second-order valence-electron chi connectivity index (χ2n) is 7.63. The molecular formula is C21H33N5O2S. The van der Waals surface area contributed by atoms with Crippen molar-refractivity contribution in [2.24, 2.45) is 0 Å². The van der Waals surface area contributed by atoms with E-state index in [1.807, 2.05) is 27.9 Å². The average molecular weight is 420 g/mol. The Morgan fingerprint density at radius 3 is 2.41 bits per heavy atom.